The SMILES string of the molecule is COc1ccc(CC[C@H]2OC(=O)[C@@H]3CCCCN3C(=O)[C@@H](C3CCCCC3)NC(=O)[C@@H](C)NC(=O)COc3cccc2c3)cc1OC. The maximum atomic E-state index is 14.3. The van der Waals surface area contributed by atoms with E-state index in [0.29, 0.717) is 48.6 Å². The number of aryl methyl sites for hydroxylation is 1. The predicted molar refractivity (Wildman–Crippen MR) is 174 cm³/mol. The molecule has 11 nitrogen and oxygen atoms in total. The average Bonchev–Trinajstić information content (AvgIpc) is 3.10. The Kier molecular flexibility index (Phi) is 11.6. The number of methoxy groups -OCH3 is 2. The lowest BCUT2D eigenvalue weighted by atomic mass is 9.82. The van der Waals surface area contributed by atoms with Gasteiger partial charge in [-0.1, -0.05) is 37.5 Å². The van der Waals surface area contributed by atoms with Crippen LogP contribution in [0.3, 0.4) is 0 Å². The Morgan fingerprint density at radius 3 is 2.40 bits per heavy atom. The molecule has 0 radical (unpaired) electrons. The van der Waals surface area contributed by atoms with Gasteiger partial charge in [-0.05, 0) is 93.2 Å². The Balaban J connectivity index is 1.46. The van der Waals surface area contributed by atoms with Crippen LogP contribution in [0, 0.1) is 5.92 Å². The summed E-state index contributed by atoms with van der Waals surface area (Å²) in [5.41, 5.74) is 1.68. The molecular weight excluding hydrogens is 602 g/mol. The van der Waals surface area contributed by atoms with Crippen LogP contribution in [0.5, 0.6) is 17.2 Å². The zero-order chi connectivity index (χ0) is 33.3. The second-order valence-corrected chi connectivity index (χ2v) is 12.7. The van der Waals surface area contributed by atoms with Gasteiger partial charge in [0.2, 0.25) is 11.8 Å². The van der Waals surface area contributed by atoms with Gasteiger partial charge < -0.3 is 34.5 Å². The van der Waals surface area contributed by atoms with Crippen molar-refractivity contribution in [1.29, 1.82) is 0 Å². The van der Waals surface area contributed by atoms with Crippen LogP contribution in [0.2, 0.25) is 0 Å². The predicted octanol–water partition coefficient (Wildman–Crippen LogP) is 4.26. The van der Waals surface area contributed by atoms with Crippen LogP contribution in [0.25, 0.3) is 0 Å². The molecule has 254 valence electrons. The van der Waals surface area contributed by atoms with Crippen molar-refractivity contribution in [3.05, 3.63) is 53.6 Å². The number of rotatable bonds is 6. The van der Waals surface area contributed by atoms with Crippen molar-refractivity contribution in [2.75, 3.05) is 27.4 Å². The third-order valence-electron chi connectivity index (χ3n) is 9.52. The summed E-state index contributed by atoms with van der Waals surface area (Å²) in [6.45, 7) is 1.69. The Morgan fingerprint density at radius 1 is 0.872 bits per heavy atom. The highest BCUT2D eigenvalue weighted by Crippen LogP contribution is 2.33. The first kappa shape index (κ1) is 34.1. The van der Waals surface area contributed by atoms with E-state index in [-0.39, 0.29) is 18.4 Å². The number of cyclic esters (lactones) is 1. The maximum Gasteiger partial charge on any atom is 0.329 e. The molecule has 2 bridgehead atoms. The third kappa shape index (κ3) is 8.55. The summed E-state index contributed by atoms with van der Waals surface area (Å²) in [5, 5.41) is 5.66. The Morgan fingerprint density at radius 2 is 1.64 bits per heavy atom. The Hall–Kier alpha value is -4.28. The van der Waals surface area contributed by atoms with E-state index in [4.69, 9.17) is 18.9 Å². The van der Waals surface area contributed by atoms with Crippen molar-refractivity contribution in [3.63, 3.8) is 0 Å². The fraction of sp³-hybridized carbons (Fsp3) is 0.556. The minimum atomic E-state index is -0.880. The van der Waals surface area contributed by atoms with Crippen LogP contribution in [-0.4, -0.2) is 74.1 Å². The molecule has 1 saturated carbocycles. The fourth-order valence-corrected chi connectivity index (χ4v) is 6.89. The fourth-order valence-electron chi connectivity index (χ4n) is 6.89. The number of carbonyl (C=O) groups excluding carboxylic acids is 4. The van der Waals surface area contributed by atoms with Crippen LogP contribution in [0.15, 0.2) is 42.5 Å². The summed E-state index contributed by atoms with van der Waals surface area (Å²) in [6, 6.07) is 10.4. The van der Waals surface area contributed by atoms with Crippen molar-refractivity contribution >= 4 is 23.7 Å². The van der Waals surface area contributed by atoms with E-state index in [2.05, 4.69) is 10.6 Å². The quantitative estimate of drug-likeness (QED) is 0.444. The van der Waals surface area contributed by atoms with Gasteiger partial charge in [0.15, 0.2) is 18.1 Å². The first-order valence-corrected chi connectivity index (χ1v) is 16.8. The lowest BCUT2D eigenvalue weighted by molar-refractivity contribution is -0.163. The van der Waals surface area contributed by atoms with Crippen molar-refractivity contribution in [1.82, 2.24) is 15.5 Å². The van der Waals surface area contributed by atoms with E-state index in [1.165, 1.54) is 0 Å². The number of amides is 3. The standard InChI is InChI=1S/C36H47N3O8/c1-23-34(41)38-33(25-10-5-4-6-11-25)35(42)39-19-8-7-14-28(39)36(43)47-29(17-15-24-16-18-30(44-2)31(20-24)45-3)26-12-9-13-27(21-26)46-22-32(40)37-23/h9,12-13,16,18,20-21,23,25,28-29,33H,4-8,10-11,14-15,17,19,22H2,1-3H3,(H,37,40)(H,38,41)/t23-,28+,29-,33-/m1/s1. The van der Waals surface area contributed by atoms with Crippen LogP contribution < -0.4 is 24.8 Å². The highest BCUT2D eigenvalue weighted by molar-refractivity contribution is 5.94. The number of benzene rings is 2. The summed E-state index contributed by atoms with van der Waals surface area (Å²) >= 11 is 0. The molecule has 2 N–H and O–H groups in total. The second kappa shape index (κ2) is 16.0. The van der Waals surface area contributed by atoms with Crippen molar-refractivity contribution in [2.45, 2.75) is 95.4 Å². The molecule has 5 rings (SSSR count). The van der Waals surface area contributed by atoms with Gasteiger partial charge >= 0.3 is 5.97 Å². The molecule has 3 amide bonds. The molecule has 2 fully saturated rings. The van der Waals surface area contributed by atoms with Gasteiger partial charge in [0.05, 0.1) is 14.2 Å². The lowest BCUT2D eigenvalue weighted by Gasteiger charge is -2.39. The molecule has 4 atom stereocenters. The zero-order valence-corrected chi connectivity index (χ0v) is 27.6. The van der Waals surface area contributed by atoms with E-state index in [0.717, 1.165) is 50.5 Å². The minimum absolute atomic E-state index is 0.0529. The molecule has 1 saturated heterocycles. The van der Waals surface area contributed by atoms with E-state index in [9.17, 15) is 19.2 Å². The van der Waals surface area contributed by atoms with Crippen LogP contribution >= 0.6 is 0 Å². The zero-order valence-electron chi connectivity index (χ0n) is 27.6. The molecule has 47 heavy (non-hydrogen) atoms. The van der Waals surface area contributed by atoms with Crippen LogP contribution in [-0.2, 0) is 30.3 Å². The van der Waals surface area contributed by atoms with Gasteiger partial charge in [-0.3, -0.25) is 14.4 Å². The number of hydrogen-bond donors (Lipinski definition) is 2. The highest BCUT2D eigenvalue weighted by Gasteiger charge is 2.41. The van der Waals surface area contributed by atoms with Crippen LogP contribution in [0.1, 0.15) is 81.9 Å². The van der Waals surface area contributed by atoms with Gasteiger partial charge in [0, 0.05) is 6.54 Å². The number of carbonyl (C=O) groups is 4. The summed E-state index contributed by atoms with van der Waals surface area (Å²) in [6.07, 6.45) is 7.02. The normalized spacial score (nSPS) is 25.0. The Labute approximate surface area is 276 Å². The maximum absolute atomic E-state index is 14.3. The molecule has 2 aromatic carbocycles. The lowest BCUT2D eigenvalue weighted by Crippen LogP contribution is -2.60. The molecule has 0 unspecified atom stereocenters. The highest BCUT2D eigenvalue weighted by atomic mass is 16.5. The van der Waals surface area contributed by atoms with Gasteiger partial charge in [0.1, 0.15) is 30.0 Å². The summed E-state index contributed by atoms with van der Waals surface area (Å²) in [7, 11) is 3.17. The van der Waals surface area contributed by atoms with Gasteiger partial charge in [-0.15, -0.1) is 0 Å². The summed E-state index contributed by atoms with van der Waals surface area (Å²) < 4.78 is 23.0. The first-order chi connectivity index (χ1) is 22.8. The molecule has 11 heteroatoms. The summed E-state index contributed by atoms with van der Waals surface area (Å²) in [5.74, 6) is -0.0331. The first-order valence-electron chi connectivity index (χ1n) is 16.8. The molecule has 2 aliphatic heterocycles. The third-order valence-corrected chi connectivity index (χ3v) is 9.52. The van der Waals surface area contributed by atoms with Crippen molar-refractivity contribution in [3.8, 4) is 17.2 Å². The molecule has 0 spiro atoms. The van der Waals surface area contributed by atoms with E-state index < -0.39 is 42.0 Å². The molecule has 3 aliphatic rings. The Bertz CT molecular complexity index is 1420. The number of piperidine rings is 1. The molecule has 2 aromatic rings. The largest absolute Gasteiger partial charge is 0.493 e. The monoisotopic (exact) mass is 649 g/mol. The number of fused-ring (bicyclic) bond motifs is 3. The van der Waals surface area contributed by atoms with E-state index >= 15 is 0 Å². The molecule has 2 heterocycles. The topological polar surface area (TPSA) is 132 Å². The number of hydrogen-bond acceptors (Lipinski definition) is 8. The van der Waals surface area contributed by atoms with Gasteiger partial charge in [-0.25, -0.2) is 4.79 Å². The smallest absolute Gasteiger partial charge is 0.329 e. The molecular formula is C36H47N3O8. The number of nitrogens with one attached hydrogen (secondary N) is 2. The van der Waals surface area contributed by atoms with Gasteiger partial charge in [0.25, 0.3) is 5.91 Å². The number of esters is 1. The van der Waals surface area contributed by atoms with Crippen molar-refractivity contribution < 1.29 is 38.1 Å². The van der Waals surface area contributed by atoms with Crippen molar-refractivity contribution in [2.24, 2.45) is 5.92 Å². The number of ether oxygens (including phenoxy) is 4. The van der Waals surface area contributed by atoms with Gasteiger partial charge in [-0.2, -0.15) is 0 Å². The van der Waals surface area contributed by atoms with E-state index in [1.54, 1.807) is 44.2 Å². The summed E-state index contributed by atoms with van der Waals surface area (Å²) in [4.78, 5) is 56.1. The number of nitrogens with zero attached hydrogens (tertiary/aromatic N) is 1. The minimum Gasteiger partial charge on any atom is -0.493 e. The second-order valence-electron chi connectivity index (χ2n) is 12.7. The molecule has 1 aliphatic carbocycles. The van der Waals surface area contributed by atoms with Crippen LogP contribution in [0.4, 0.5) is 0 Å². The average molecular weight is 650 g/mol. The molecule has 0 aromatic heterocycles. The van der Waals surface area contributed by atoms with E-state index in [1.807, 2.05) is 24.3 Å².